The van der Waals surface area contributed by atoms with E-state index < -0.39 is 10.0 Å². The van der Waals surface area contributed by atoms with Crippen LogP contribution in [-0.4, -0.2) is 14.5 Å². The van der Waals surface area contributed by atoms with Gasteiger partial charge in [-0.1, -0.05) is 26.0 Å². The molecule has 0 aliphatic rings. The van der Waals surface area contributed by atoms with E-state index in [0.717, 1.165) is 0 Å². The third kappa shape index (κ3) is 3.09. The molecule has 0 fully saturated rings. The number of rotatable bonds is 4. The molecule has 1 aromatic rings. The lowest BCUT2D eigenvalue weighted by atomic mass is 10.1. The number of sulfonamides is 1. The van der Waals surface area contributed by atoms with E-state index in [1.807, 2.05) is 26.8 Å². The van der Waals surface area contributed by atoms with Gasteiger partial charge in [-0.3, -0.25) is 0 Å². The summed E-state index contributed by atoms with van der Waals surface area (Å²) in [4.78, 5) is 0.0532. The van der Waals surface area contributed by atoms with Gasteiger partial charge in [-0.2, -0.15) is 5.26 Å². The quantitative estimate of drug-likeness (QED) is 0.908. The summed E-state index contributed by atoms with van der Waals surface area (Å²) in [6.45, 7) is 7.41. The number of aryl methyl sites for hydroxylation is 1. The van der Waals surface area contributed by atoms with Gasteiger partial charge in [0.25, 0.3) is 0 Å². The molecule has 1 aromatic carbocycles. The summed E-state index contributed by atoms with van der Waals surface area (Å²) in [6, 6.07) is 6.60. The van der Waals surface area contributed by atoms with Gasteiger partial charge in [0.15, 0.2) is 0 Å². The summed E-state index contributed by atoms with van der Waals surface area (Å²) in [6.07, 6.45) is 0. The van der Waals surface area contributed by atoms with E-state index >= 15 is 0 Å². The average molecular weight is 266 g/mol. The fraction of sp³-hybridized carbons (Fsp3) is 0.462. The van der Waals surface area contributed by atoms with Crippen LogP contribution in [0.3, 0.4) is 0 Å². The summed E-state index contributed by atoms with van der Waals surface area (Å²) in [5, 5.41) is 9.06. The average Bonchev–Trinajstić information content (AvgIpc) is 2.27. The molecule has 1 rings (SSSR count). The first-order valence-corrected chi connectivity index (χ1v) is 7.30. The zero-order valence-electron chi connectivity index (χ0n) is 11.1. The fourth-order valence-corrected chi connectivity index (χ4v) is 3.07. The van der Waals surface area contributed by atoms with Crippen LogP contribution in [0.25, 0.3) is 0 Å². The van der Waals surface area contributed by atoms with Crippen molar-refractivity contribution < 1.29 is 8.42 Å². The topological polar surface area (TPSA) is 70.0 Å². The van der Waals surface area contributed by atoms with E-state index in [0.29, 0.717) is 5.56 Å². The number of nitrogens with zero attached hydrogens (tertiary/aromatic N) is 1. The lowest BCUT2D eigenvalue weighted by molar-refractivity contribution is 0.476. The van der Waals surface area contributed by atoms with Gasteiger partial charge < -0.3 is 0 Å². The maximum atomic E-state index is 12.2. The fourth-order valence-electron chi connectivity index (χ4n) is 1.45. The first kappa shape index (κ1) is 14.7. The molecule has 0 aliphatic heterocycles. The van der Waals surface area contributed by atoms with E-state index in [2.05, 4.69) is 4.72 Å². The Balaban J connectivity index is 3.22. The van der Waals surface area contributed by atoms with Gasteiger partial charge in [0.1, 0.15) is 11.0 Å². The second-order valence-corrected chi connectivity index (χ2v) is 6.40. The lowest BCUT2D eigenvalue weighted by Gasteiger charge is -2.18. The van der Waals surface area contributed by atoms with Crippen molar-refractivity contribution in [1.82, 2.24) is 4.72 Å². The Labute approximate surface area is 109 Å². The third-order valence-corrected chi connectivity index (χ3v) is 4.58. The Kier molecular flexibility index (Phi) is 4.49. The minimum Gasteiger partial charge on any atom is -0.208 e. The van der Waals surface area contributed by atoms with Crippen LogP contribution >= 0.6 is 0 Å². The smallest absolute Gasteiger partial charge is 0.208 e. The van der Waals surface area contributed by atoms with Gasteiger partial charge in [-0.25, -0.2) is 13.1 Å². The second kappa shape index (κ2) is 5.51. The highest BCUT2D eigenvalue weighted by Crippen LogP contribution is 2.19. The van der Waals surface area contributed by atoms with Crippen LogP contribution < -0.4 is 4.72 Å². The van der Waals surface area contributed by atoms with Gasteiger partial charge in [0.2, 0.25) is 10.0 Å². The Hall–Kier alpha value is -1.38. The van der Waals surface area contributed by atoms with Crippen molar-refractivity contribution in [2.24, 2.45) is 5.92 Å². The minimum atomic E-state index is -3.64. The van der Waals surface area contributed by atoms with Crippen LogP contribution in [0.4, 0.5) is 0 Å². The van der Waals surface area contributed by atoms with E-state index in [-0.39, 0.29) is 22.4 Å². The molecule has 18 heavy (non-hydrogen) atoms. The zero-order valence-corrected chi connectivity index (χ0v) is 11.9. The monoisotopic (exact) mass is 266 g/mol. The Morgan fingerprint density at radius 1 is 1.28 bits per heavy atom. The molecule has 1 N–H and O–H groups in total. The molecular weight excluding hydrogens is 248 g/mol. The third-order valence-electron chi connectivity index (χ3n) is 2.98. The molecular formula is C13H18N2O2S. The van der Waals surface area contributed by atoms with E-state index in [1.165, 1.54) is 6.07 Å². The van der Waals surface area contributed by atoms with Crippen molar-refractivity contribution >= 4 is 10.0 Å². The predicted molar refractivity (Wildman–Crippen MR) is 70.5 cm³/mol. The summed E-state index contributed by atoms with van der Waals surface area (Å²) in [5.41, 5.74) is 0.874. The zero-order chi connectivity index (χ0) is 13.9. The number of nitrogens with one attached hydrogen (secondary N) is 1. The molecule has 0 saturated heterocycles. The summed E-state index contributed by atoms with van der Waals surface area (Å²) in [5.74, 6) is 0.190. The molecule has 1 unspecified atom stereocenters. The summed E-state index contributed by atoms with van der Waals surface area (Å²) >= 11 is 0. The van der Waals surface area contributed by atoms with Crippen LogP contribution in [0.15, 0.2) is 23.1 Å². The molecule has 5 heteroatoms. The molecule has 0 bridgehead atoms. The van der Waals surface area contributed by atoms with Gasteiger partial charge in [0.05, 0.1) is 5.56 Å². The second-order valence-electron chi connectivity index (χ2n) is 4.71. The van der Waals surface area contributed by atoms with Gasteiger partial charge in [0, 0.05) is 6.04 Å². The van der Waals surface area contributed by atoms with Crippen LogP contribution in [0.2, 0.25) is 0 Å². The highest BCUT2D eigenvalue weighted by atomic mass is 32.2. The van der Waals surface area contributed by atoms with E-state index in [1.54, 1.807) is 19.1 Å². The number of hydrogen-bond donors (Lipinski definition) is 1. The molecule has 0 aromatic heterocycles. The van der Waals surface area contributed by atoms with Crippen molar-refractivity contribution in [3.8, 4) is 6.07 Å². The maximum Gasteiger partial charge on any atom is 0.242 e. The highest BCUT2D eigenvalue weighted by molar-refractivity contribution is 7.89. The van der Waals surface area contributed by atoms with Crippen molar-refractivity contribution in [1.29, 1.82) is 5.26 Å². The van der Waals surface area contributed by atoms with Crippen LogP contribution in [0.5, 0.6) is 0 Å². The van der Waals surface area contributed by atoms with E-state index in [9.17, 15) is 8.42 Å². The highest BCUT2D eigenvalue weighted by Gasteiger charge is 2.22. The number of nitriles is 1. The number of benzene rings is 1. The predicted octanol–water partition coefficient (Wildman–Crippen LogP) is 2.19. The first-order valence-electron chi connectivity index (χ1n) is 5.81. The van der Waals surface area contributed by atoms with E-state index in [4.69, 9.17) is 5.26 Å². The molecule has 0 heterocycles. The first-order chi connectivity index (χ1) is 8.29. The van der Waals surface area contributed by atoms with Gasteiger partial charge in [-0.05, 0) is 31.4 Å². The van der Waals surface area contributed by atoms with Crippen LogP contribution in [-0.2, 0) is 10.0 Å². The molecule has 4 nitrogen and oxygen atoms in total. The lowest BCUT2D eigenvalue weighted by Crippen LogP contribution is -2.36. The Bertz CT molecular complexity index is 571. The molecule has 1 atom stereocenters. The molecule has 0 saturated carbocycles. The molecule has 0 spiro atoms. The summed E-state index contributed by atoms with van der Waals surface area (Å²) in [7, 11) is -3.64. The van der Waals surface area contributed by atoms with Crippen molar-refractivity contribution in [2.75, 3.05) is 0 Å². The van der Waals surface area contributed by atoms with Crippen LogP contribution in [0, 0.1) is 24.2 Å². The summed E-state index contributed by atoms with van der Waals surface area (Å²) < 4.78 is 27.0. The standard InChI is InChI=1S/C13H18N2O2S/c1-9(2)11(4)15-18(16,17)13-7-5-6-10(3)12(13)8-14/h5-7,9,11,15H,1-4H3. The minimum absolute atomic E-state index is 0.0532. The van der Waals surface area contributed by atoms with Crippen molar-refractivity contribution in [2.45, 2.75) is 38.6 Å². The largest absolute Gasteiger partial charge is 0.242 e. The molecule has 0 amide bonds. The van der Waals surface area contributed by atoms with Gasteiger partial charge >= 0.3 is 0 Å². The number of hydrogen-bond acceptors (Lipinski definition) is 3. The normalized spacial score (nSPS) is 13.3. The van der Waals surface area contributed by atoms with Gasteiger partial charge in [-0.15, -0.1) is 0 Å². The Morgan fingerprint density at radius 2 is 1.89 bits per heavy atom. The molecule has 98 valence electrons. The molecule has 0 radical (unpaired) electrons. The Morgan fingerprint density at radius 3 is 2.39 bits per heavy atom. The maximum absolute atomic E-state index is 12.2. The van der Waals surface area contributed by atoms with Crippen molar-refractivity contribution in [3.63, 3.8) is 0 Å². The molecule has 0 aliphatic carbocycles. The SMILES string of the molecule is Cc1cccc(S(=O)(=O)NC(C)C(C)C)c1C#N. The van der Waals surface area contributed by atoms with Crippen LogP contribution in [0.1, 0.15) is 31.9 Å². The van der Waals surface area contributed by atoms with Crippen molar-refractivity contribution in [3.05, 3.63) is 29.3 Å².